The molecule has 3 N–H and O–H groups in total. The molecule has 1 aromatic heterocycles. The lowest BCUT2D eigenvalue weighted by molar-refractivity contribution is 0.0956. The molecule has 0 aromatic carbocycles. The molecule has 0 spiro atoms. The van der Waals surface area contributed by atoms with Gasteiger partial charge in [-0.15, -0.1) is 0 Å². The van der Waals surface area contributed by atoms with Crippen LogP contribution in [0.1, 0.15) is 30.2 Å². The zero-order chi connectivity index (χ0) is 12.5. The van der Waals surface area contributed by atoms with Gasteiger partial charge in [-0.3, -0.25) is 19.1 Å². The van der Waals surface area contributed by atoms with E-state index in [1.165, 1.54) is 7.05 Å². The molecule has 1 rings (SSSR count). The zero-order valence-corrected chi connectivity index (χ0v) is 9.20. The van der Waals surface area contributed by atoms with Crippen molar-refractivity contribution in [2.24, 2.45) is 0 Å². The summed E-state index contributed by atoms with van der Waals surface area (Å²) in [5.41, 5.74) is -2.11. The summed E-state index contributed by atoms with van der Waals surface area (Å²) in [4.78, 5) is 36.0. The van der Waals surface area contributed by atoms with Crippen molar-refractivity contribution in [2.45, 2.75) is 19.9 Å². The average molecular weight is 227 g/mol. The molecule has 0 aliphatic rings. The van der Waals surface area contributed by atoms with Crippen molar-refractivity contribution in [3.8, 4) is 5.88 Å². The summed E-state index contributed by atoms with van der Waals surface area (Å²) in [5, 5.41) is 11.9. The number of aromatic nitrogens is 2. The predicted molar refractivity (Wildman–Crippen MR) is 56.8 cm³/mol. The van der Waals surface area contributed by atoms with E-state index in [0.29, 0.717) is 0 Å². The van der Waals surface area contributed by atoms with Crippen LogP contribution in [0.15, 0.2) is 9.59 Å². The van der Waals surface area contributed by atoms with Crippen molar-refractivity contribution >= 4 is 5.91 Å². The molecule has 88 valence electrons. The van der Waals surface area contributed by atoms with Crippen molar-refractivity contribution in [3.63, 3.8) is 0 Å². The maximum absolute atomic E-state index is 11.4. The Hall–Kier alpha value is -2.05. The van der Waals surface area contributed by atoms with Gasteiger partial charge in [0.1, 0.15) is 0 Å². The van der Waals surface area contributed by atoms with Crippen LogP contribution in [-0.4, -0.2) is 27.6 Å². The Bertz CT molecular complexity index is 527. The summed E-state index contributed by atoms with van der Waals surface area (Å²) in [6.45, 7) is 3.29. The number of rotatable bonds is 2. The van der Waals surface area contributed by atoms with E-state index in [0.717, 1.165) is 4.57 Å². The van der Waals surface area contributed by atoms with Crippen LogP contribution in [0.2, 0.25) is 0 Å². The topological polar surface area (TPSA) is 104 Å². The van der Waals surface area contributed by atoms with Gasteiger partial charge in [0.2, 0.25) is 5.88 Å². The number of H-pyrrole nitrogens is 1. The quantitative estimate of drug-likeness (QED) is 0.614. The maximum atomic E-state index is 11.4. The van der Waals surface area contributed by atoms with Crippen LogP contribution < -0.4 is 16.6 Å². The molecular formula is C9H13N3O4. The highest BCUT2D eigenvalue weighted by molar-refractivity contribution is 5.95. The fourth-order valence-electron chi connectivity index (χ4n) is 1.35. The Kier molecular flexibility index (Phi) is 3.17. The van der Waals surface area contributed by atoms with Gasteiger partial charge >= 0.3 is 5.69 Å². The number of nitrogens with zero attached hydrogens (tertiary/aromatic N) is 1. The van der Waals surface area contributed by atoms with Crippen molar-refractivity contribution in [2.75, 3.05) is 7.05 Å². The van der Waals surface area contributed by atoms with E-state index in [1.54, 1.807) is 13.8 Å². The predicted octanol–water partition coefficient (Wildman–Crippen LogP) is -0.817. The highest BCUT2D eigenvalue weighted by Gasteiger charge is 2.20. The van der Waals surface area contributed by atoms with Crippen molar-refractivity contribution in [3.05, 3.63) is 26.4 Å². The normalized spacial score (nSPS) is 10.5. The third kappa shape index (κ3) is 1.83. The van der Waals surface area contributed by atoms with Crippen LogP contribution in [0.5, 0.6) is 5.88 Å². The Balaban J connectivity index is 3.65. The first kappa shape index (κ1) is 12.0. The molecule has 0 unspecified atom stereocenters. The summed E-state index contributed by atoms with van der Waals surface area (Å²) >= 11 is 0. The Morgan fingerprint density at radius 3 is 2.44 bits per heavy atom. The summed E-state index contributed by atoms with van der Waals surface area (Å²) in [7, 11) is 1.33. The van der Waals surface area contributed by atoms with E-state index in [4.69, 9.17) is 0 Å². The molecule has 0 saturated carbocycles. The van der Waals surface area contributed by atoms with Crippen molar-refractivity contribution in [1.82, 2.24) is 14.9 Å². The van der Waals surface area contributed by atoms with Crippen LogP contribution in [-0.2, 0) is 0 Å². The molecule has 0 saturated heterocycles. The van der Waals surface area contributed by atoms with Gasteiger partial charge in [-0.25, -0.2) is 4.79 Å². The summed E-state index contributed by atoms with van der Waals surface area (Å²) in [6, 6.07) is -0.368. The van der Waals surface area contributed by atoms with Gasteiger partial charge in [0, 0.05) is 13.1 Å². The fraction of sp³-hybridized carbons (Fsp3) is 0.444. The molecule has 0 aliphatic carbocycles. The molecule has 1 amide bonds. The second-order valence-corrected chi connectivity index (χ2v) is 3.50. The van der Waals surface area contributed by atoms with Crippen LogP contribution in [0.25, 0.3) is 0 Å². The van der Waals surface area contributed by atoms with Crippen LogP contribution >= 0.6 is 0 Å². The first-order valence-corrected chi connectivity index (χ1v) is 4.70. The van der Waals surface area contributed by atoms with Crippen LogP contribution in [0.4, 0.5) is 0 Å². The molecule has 0 bridgehead atoms. The minimum absolute atomic E-state index is 0.368. The number of carbonyl (C=O) groups is 1. The molecule has 1 aromatic rings. The van der Waals surface area contributed by atoms with E-state index >= 15 is 0 Å². The molecule has 7 nitrogen and oxygen atoms in total. The zero-order valence-electron chi connectivity index (χ0n) is 9.20. The monoisotopic (exact) mass is 227 g/mol. The van der Waals surface area contributed by atoms with Gasteiger partial charge in [0.05, 0.1) is 0 Å². The number of aromatic hydroxyl groups is 1. The van der Waals surface area contributed by atoms with E-state index in [1.807, 2.05) is 4.98 Å². The summed E-state index contributed by atoms with van der Waals surface area (Å²) < 4.78 is 0.936. The molecule has 0 radical (unpaired) electrons. The van der Waals surface area contributed by atoms with E-state index < -0.39 is 28.6 Å². The number of aromatic amines is 1. The molecule has 0 aliphatic heterocycles. The number of hydrogen-bond acceptors (Lipinski definition) is 4. The van der Waals surface area contributed by atoms with Gasteiger partial charge in [-0.05, 0) is 13.8 Å². The first-order chi connectivity index (χ1) is 7.40. The Labute approximate surface area is 90.7 Å². The van der Waals surface area contributed by atoms with Gasteiger partial charge < -0.3 is 10.4 Å². The fourth-order valence-corrected chi connectivity index (χ4v) is 1.35. The largest absolute Gasteiger partial charge is 0.494 e. The summed E-state index contributed by atoms with van der Waals surface area (Å²) in [5.74, 6) is -1.36. The van der Waals surface area contributed by atoms with Gasteiger partial charge in [-0.1, -0.05) is 0 Å². The molecule has 7 heteroatoms. The van der Waals surface area contributed by atoms with Crippen molar-refractivity contribution < 1.29 is 9.90 Å². The third-order valence-corrected chi connectivity index (χ3v) is 2.09. The summed E-state index contributed by atoms with van der Waals surface area (Å²) in [6.07, 6.45) is 0. The highest BCUT2D eigenvalue weighted by Crippen LogP contribution is 2.14. The van der Waals surface area contributed by atoms with Crippen LogP contribution in [0.3, 0.4) is 0 Å². The average Bonchev–Trinajstić information content (AvgIpc) is 2.15. The molecule has 1 heterocycles. The van der Waals surface area contributed by atoms with E-state index in [-0.39, 0.29) is 6.04 Å². The molecular weight excluding hydrogens is 214 g/mol. The lowest BCUT2D eigenvalue weighted by atomic mass is 10.2. The van der Waals surface area contributed by atoms with Gasteiger partial charge in [0.25, 0.3) is 11.5 Å². The van der Waals surface area contributed by atoms with E-state index in [2.05, 4.69) is 5.32 Å². The number of nitrogens with one attached hydrogen (secondary N) is 2. The highest BCUT2D eigenvalue weighted by atomic mass is 16.3. The second kappa shape index (κ2) is 4.21. The number of amides is 1. The number of hydrogen-bond donors (Lipinski definition) is 3. The van der Waals surface area contributed by atoms with Crippen molar-refractivity contribution in [1.29, 1.82) is 0 Å². The smallest absolute Gasteiger partial charge is 0.331 e. The maximum Gasteiger partial charge on any atom is 0.331 e. The Morgan fingerprint density at radius 1 is 1.44 bits per heavy atom. The van der Waals surface area contributed by atoms with Gasteiger partial charge in [-0.2, -0.15) is 0 Å². The van der Waals surface area contributed by atoms with Crippen LogP contribution in [0, 0.1) is 0 Å². The minimum Gasteiger partial charge on any atom is -0.494 e. The minimum atomic E-state index is -0.904. The second-order valence-electron chi connectivity index (χ2n) is 3.50. The molecule has 0 fully saturated rings. The first-order valence-electron chi connectivity index (χ1n) is 4.70. The SMILES string of the molecule is CNC(=O)c1c(O)n(C(C)C)c(=O)[nH]c1=O. The lowest BCUT2D eigenvalue weighted by Gasteiger charge is -2.13. The molecule has 0 atom stereocenters. The molecule has 16 heavy (non-hydrogen) atoms. The van der Waals surface area contributed by atoms with E-state index in [9.17, 15) is 19.5 Å². The standard InChI is InChI=1S/C9H13N3O4/c1-4(2)12-8(15)5(6(13)10-3)7(14)11-9(12)16/h4,15H,1-3H3,(H,10,13)(H,11,14,16). The lowest BCUT2D eigenvalue weighted by Crippen LogP contribution is -2.37. The Morgan fingerprint density at radius 2 is 2.00 bits per heavy atom. The van der Waals surface area contributed by atoms with Gasteiger partial charge in [0.15, 0.2) is 5.56 Å². The number of carbonyl (C=O) groups excluding carboxylic acids is 1. The third-order valence-electron chi connectivity index (χ3n) is 2.09.